The van der Waals surface area contributed by atoms with Crippen LogP contribution >= 0.6 is 0 Å². The molecule has 0 heterocycles. The predicted molar refractivity (Wildman–Crippen MR) is 80.4 cm³/mol. The zero-order valence-corrected chi connectivity index (χ0v) is 13.0. The van der Waals surface area contributed by atoms with Gasteiger partial charge in [-0.1, -0.05) is 28.9 Å². The molecule has 0 bridgehead atoms. The summed E-state index contributed by atoms with van der Waals surface area (Å²) >= 11 is 0. The molecule has 0 saturated heterocycles. The number of ether oxygens (including phenoxy) is 1. The van der Waals surface area contributed by atoms with Crippen molar-refractivity contribution in [2.75, 3.05) is 7.11 Å². The van der Waals surface area contributed by atoms with E-state index in [4.69, 9.17) is 9.02 Å². The lowest BCUT2D eigenvalue weighted by Crippen LogP contribution is -2.10. The molecule has 112 valence electrons. The number of aryl methyl sites for hydroxylation is 1. The molecular formula is C15H17NO4S. The van der Waals surface area contributed by atoms with Gasteiger partial charge in [0, 0.05) is 0 Å². The number of hydrogen-bond acceptors (Lipinski definition) is 5. The number of hydrogen-bond donors (Lipinski definition) is 0. The van der Waals surface area contributed by atoms with Gasteiger partial charge in [-0.3, -0.25) is 4.28 Å². The second kappa shape index (κ2) is 6.13. The largest absolute Gasteiger partial charge is 0.501 e. The second-order valence-corrected chi connectivity index (χ2v) is 6.27. The maximum absolute atomic E-state index is 12.0. The van der Waals surface area contributed by atoms with Crippen molar-refractivity contribution in [3.05, 3.63) is 53.3 Å². The van der Waals surface area contributed by atoms with Gasteiger partial charge in [0.05, 0.1) is 19.2 Å². The van der Waals surface area contributed by atoms with Crippen molar-refractivity contribution in [3.63, 3.8) is 0 Å². The Balaban J connectivity index is 2.18. The number of oxime groups is 1. The van der Waals surface area contributed by atoms with Crippen molar-refractivity contribution in [2.45, 2.75) is 25.2 Å². The van der Waals surface area contributed by atoms with Crippen molar-refractivity contribution in [3.8, 4) is 0 Å². The van der Waals surface area contributed by atoms with Gasteiger partial charge < -0.3 is 4.74 Å². The maximum Gasteiger partial charge on any atom is 0.358 e. The lowest BCUT2D eigenvalue weighted by atomic mass is 10.0. The lowest BCUT2D eigenvalue weighted by Gasteiger charge is -2.13. The van der Waals surface area contributed by atoms with Gasteiger partial charge in [-0.05, 0) is 37.6 Å². The van der Waals surface area contributed by atoms with Crippen LogP contribution in [0.5, 0.6) is 0 Å². The van der Waals surface area contributed by atoms with Crippen LogP contribution in [0.15, 0.2) is 57.8 Å². The van der Waals surface area contributed by atoms with Crippen molar-refractivity contribution in [1.82, 2.24) is 0 Å². The van der Waals surface area contributed by atoms with Crippen molar-refractivity contribution in [2.24, 2.45) is 5.16 Å². The molecule has 0 aromatic heterocycles. The first-order chi connectivity index (χ1) is 9.92. The molecule has 2 rings (SSSR count). The number of rotatable bonds is 4. The molecule has 0 saturated carbocycles. The van der Waals surface area contributed by atoms with E-state index in [0.717, 1.165) is 11.1 Å². The third-order valence-electron chi connectivity index (χ3n) is 3.13. The van der Waals surface area contributed by atoms with Gasteiger partial charge in [0.15, 0.2) is 0 Å². The zero-order valence-electron chi connectivity index (χ0n) is 12.2. The van der Waals surface area contributed by atoms with Crippen LogP contribution in [-0.4, -0.2) is 21.2 Å². The summed E-state index contributed by atoms with van der Waals surface area (Å²) in [5, 5.41) is 3.77. The van der Waals surface area contributed by atoms with E-state index in [9.17, 15) is 8.42 Å². The highest BCUT2D eigenvalue weighted by atomic mass is 32.2. The van der Waals surface area contributed by atoms with Gasteiger partial charge >= 0.3 is 10.1 Å². The van der Waals surface area contributed by atoms with Crippen molar-refractivity contribution in [1.29, 1.82) is 0 Å². The van der Waals surface area contributed by atoms with E-state index in [1.165, 1.54) is 12.1 Å². The molecule has 5 nitrogen and oxygen atoms in total. The summed E-state index contributed by atoms with van der Waals surface area (Å²) in [6, 6.07) is 6.41. The standard InChI is InChI=1S/C15H17NO4S/c1-11-4-8-14(9-5-11)21(17,18)20-16-15-10-13(19-3)7-6-12(15)2/h4-9H,10H2,1-3H3. The third kappa shape index (κ3) is 3.72. The maximum atomic E-state index is 12.0. The average molecular weight is 307 g/mol. The zero-order chi connectivity index (χ0) is 15.5. The fraction of sp³-hybridized carbons (Fsp3) is 0.267. The Morgan fingerprint density at radius 1 is 1.10 bits per heavy atom. The fourth-order valence-corrected chi connectivity index (χ4v) is 2.51. The Hall–Kier alpha value is -2.08. The van der Waals surface area contributed by atoms with E-state index in [-0.39, 0.29) is 4.90 Å². The minimum absolute atomic E-state index is 0.0809. The number of methoxy groups -OCH3 is 1. The van der Waals surface area contributed by atoms with Crippen LogP contribution in [-0.2, 0) is 19.1 Å². The molecule has 1 aromatic rings. The van der Waals surface area contributed by atoms with Crippen molar-refractivity contribution < 1.29 is 17.4 Å². The SMILES string of the molecule is COC1=CC=C(C)C(=NOS(=O)(=O)c2ccc(C)cc2)C1. The summed E-state index contributed by atoms with van der Waals surface area (Å²) in [6.07, 6.45) is 4.04. The fourth-order valence-electron chi connectivity index (χ4n) is 1.76. The first-order valence-electron chi connectivity index (χ1n) is 6.41. The Morgan fingerprint density at radius 3 is 2.38 bits per heavy atom. The Bertz CT molecular complexity index is 713. The molecule has 0 N–H and O–H groups in total. The summed E-state index contributed by atoms with van der Waals surface area (Å²) < 4.78 is 34.0. The Labute approximate surface area is 124 Å². The smallest absolute Gasteiger partial charge is 0.358 e. The van der Waals surface area contributed by atoms with E-state index in [1.54, 1.807) is 19.2 Å². The molecule has 21 heavy (non-hydrogen) atoms. The average Bonchev–Trinajstić information content (AvgIpc) is 2.47. The highest BCUT2D eigenvalue weighted by Gasteiger charge is 2.18. The molecule has 6 heteroatoms. The van der Waals surface area contributed by atoms with Crippen LogP contribution in [0, 0.1) is 6.92 Å². The summed E-state index contributed by atoms with van der Waals surface area (Å²) in [6.45, 7) is 3.72. The number of allylic oxidation sites excluding steroid dienone is 4. The van der Waals surface area contributed by atoms with Gasteiger partial charge in [0.25, 0.3) is 0 Å². The van der Waals surface area contributed by atoms with Gasteiger partial charge in [0.1, 0.15) is 10.7 Å². The number of nitrogens with zero attached hydrogens (tertiary/aromatic N) is 1. The van der Waals surface area contributed by atoms with E-state index in [0.29, 0.717) is 17.9 Å². The lowest BCUT2D eigenvalue weighted by molar-refractivity contribution is 0.284. The summed E-state index contributed by atoms with van der Waals surface area (Å²) in [5.41, 5.74) is 2.35. The second-order valence-electron chi connectivity index (χ2n) is 4.74. The number of benzene rings is 1. The molecule has 0 atom stereocenters. The molecule has 1 aliphatic rings. The Kier molecular flexibility index (Phi) is 4.47. The Morgan fingerprint density at radius 2 is 1.76 bits per heavy atom. The van der Waals surface area contributed by atoms with Gasteiger partial charge in [-0.15, -0.1) is 0 Å². The van der Waals surface area contributed by atoms with Crippen LogP contribution in [0.2, 0.25) is 0 Å². The summed E-state index contributed by atoms with van der Waals surface area (Å²) in [5.74, 6) is 0.704. The van der Waals surface area contributed by atoms with Crippen LogP contribution < -0.4 is 0 Å². The van der Waals surface area contributed by atoms with Crippen LogP contribution in [0.1, 0.15) is 18.9 Å². The van der Waals surface area contributed by atoms with Gasteiger partial charge in [-0.2, -0.15) is 8.42 Å². The quantitative estimate of drug-likeness (QED) is 0.802. The first kappa shape index (κ1) is 15.3. The molecule has 0 fully saturated rings. The topological polar surface area (TPSA) is 65.0 Å². The minimum atomic E-state index is -3.90. The normalized spacial score (nSPS) is 17.2. The van der Waals surface area contributed by atoms with Crippen molar-refractivity contribution >= 4 is 15.8 Å². The van der Waals surface area contributed by atoms with Crippen LogP contribution in [0.4, 0.5) is 0 Å². The van der Waals surface area contributed by atoms with Crippen LogP contribution in [0.3, 0.4) is 0 Å². The minimum Gasteiger partial charge on any atom is -0.501 e. The van der Waals surface area contributed by atoms with Gasteiger partial charge in [0.2, 0.25) is 0 Å². The van der Waals surface area contributed by atoms with Crippen LogP contribution in [0.25, 0.3) is 0 Å². The van der Waals surface area contributed by atoms with E-state index < -0.39 is 10.1 Å². The molecule has 1 aromatic carbocycles. The summed E-state index contributed by atoms with van der Waals surface area (Å²) in [4.78, 5) is 0.0809. The molecular weight excluding hydrogens is 290 g/mol. The first-order valence-corrected chi connectivity index (χ1v) is 7.82. The monoisotopic (exact) mass is 307 g/mol. The van der Waals surface area contributed by atoms with E-state index in [2.05, 4.69) is 5.16 Å². The van der Waals surface area contributed by atoms with E-state index >= 15 is 0 Å². The summed E-state index contributed by atoms with van der Waals surface area (Å²) in [7, 11) is -2.34. The van der Waals surface area contributed by atoms with E-state index in [1.807, 2.05) is 26.0 Å². The molecule has 0 amide bonds. The van der Waals surface area contributed by atoms with Gasteiger partial charge in [-0.25, -0.2) is 0 Å². The highest BCUT2D eigenvalue weighted by Crippen LogP contribution is 2.19. The predicted octanol–water partition coefficient (Wildman–Crippen LogP) is 2.94. The molecule has 0 aliphatic heterocycles. The molecule has 0 unspecified atom stereocenters. The third-order valence-corrected chi connectivity index (χ3v) is 4.25. The highest BCUT2D eigenvalue weighted by molar-refractivity contribution is 7.86. The molecule has 1 aliphatic carbocycles. The molecule has 0 spiro atoms. The molecule has 0 radical (unpaired) electrons.